The molecule has 0 spiro atoms. The number of hydrogen-bond acceptors (Lipinski definition) is 5. The van der Waals surface area contributed by atoms with E-state index >= 15 is 0 Å². The molecule has 0 saturated heterocycles. The fourth-order valence-electron chi connectivity index (χ4n) is 4.77. The Kier molecular flexibility index (Phi) is 6.03. The molecule has 0 bridgehead atoms. The zero-order valence-corrected chi connectivity index (χ0v) is 20.0. The van der Waals surface area contributed by atoms with E-state index in [1.54, 1.807) is 37.3 Å². The number of fused-ring (bicyclic) bond motifs is 2. The molecule has 0 unspecified atom stereocenters. The van der Waals surface area contributed by atoms with E-state index in [1.807, 2.05) is 48.5 Å². The molecule has 0 radical (unpaired) electrons. The van der Waals surface area contributed by atoms with Gasteiger partial charge in [0.15, 0.2) is 16.9 Å². The van der Waals surface area contributed by atoms with Crippen LogP contribution in [0.4, 0.5) is 0 Å². The first-order valence-electron chi connectivity index (χ1n) is 11.7. The lowest BCUT2D eigenvalue weighted by atomic mass is 9.97. The number of hydrogen-bond donors (Lipinski definition) is 0. The van der Waals surface area contributed by atoms with Crippen LogP contribution in [-0.2, 0) is 12.8 Å². The van der Waals surface area contributed by atoms with Crippen LogP contribution in [0.15, 0.2) is 75.9 Å². The lowest BCUT2D eigenvalue weighted by molar-refractivity contribution is 0.0730. The molecule has 1 aliphatic heterocycles. The van der Waals surface area contributed by atoms with Gasteiger partial charge in [-0.05, 0) is 53.8 Å². The van der Waals surface area contributed by atoms with Crippen LogP contribution in [0, 0.1) is 0 Å². The van der Waals surface area contributed by atoms with Crippen molar-refractivity contribution in [2.75, 3.05) is 20.8 Å². The highest BCUT2D eigenvalue weighted by atomic mass is 16.5. The first kappa shape index (κ1) is 22.7. The fourth-order valence-corrected chi connectivity index (χ4v) is 4.77. The molecule has 0 N–H and O–H groups in total. The zero-order valence-electron chi connectivity index (χ0n) is 20.0. The Bertz CT molecular complexity index is 1450. The quantitative estimate of drug-likeness (QED) is 0.374. The molecule has 0 fully saturated rings. The second-order valence-corrected chi connectivity index (χ2v) is 8.61. The molecule has 0 saturated carbocycles. The van der Waals surface area contributed by atoms with Crippen LogP contribution < -0.4 is 14.9 Å². The van der Waals surface area contributed by atoms with E-state index in [1.165, 1.54) is 5.56 Å². The molecule has 6 nitrogen and oxygen atoms in total. The van der Waals surface area contributed by atoms with Gasteiger partial charge in [0.25, 0.3) is 5.91 Å². The Balaban J connectivity index is 1.57. The molecule has 3 aromatic carbocycles. The van der Waals surface area contributed by atoms with E-state index in [4.69, 9.17) is 13.9 Å². The lowest BCUT2D eigenvalue weighted by Crippen LogP contribution is -2.31. The summed E-state index contributed by atoms with van der Waals surface area (Å²) in [5.74, 6) is 1.14. The van der Waals surface area contributed by atoms with Gasteiger partial charge in [-0.3, -0.25) is 9.59 Å². The van der Waals surface area contributed by atoms with Crippen molar-refractivity contribution < 1.29 is 18.7 Å². The van der Waals surface area contributed by atoms with E-state index in [2.05, 4.69) is 6.92 Å². The molecule has 0 aliphatic carbocycles. The van der Waals surface area contributed by atoms with Crippen molar-refractivity contribution in [3.05, 3.63) is 105 Å². The fraction of sp³-hybridized carbons (Fsp3) is 0.241. The number of amides is 1. The maximum Gasteiger partial charge on any atom is 0.290 e. The number of rotatable bonds is 7. The smallest absolute Gasteiger partial charge is 0.290 e. The third-order valence-corrected chi connectivity index (χ3v) is 6.67. The summed E-state index contributed by atoms with van der Waals surface area (Å²) in [5.41, 5.74) is 3.76. The van der Waals surface area contributed by atoms with Gasteiger partial charge in [-0.1, -0.05) is 49.4 Å². The predicted molar refractivity (Wildman–Crippen MR) is 134 cm³/mol. The first-order valence-corrected chi connectivity index (χ1v) is 11.7. The third kappa shape index (κ3) is 3.95. The summed E-state index contributed by atoms with van der Waals surface area (Å²) in [6.45, 7) is 2.51. The van der Waals surface area contributed by atoms with Gasteiger partial charge in [0, 0.05) is 6.54 Å². The van der Waals surface area contributed by atoms with Crippen molar-refractivity contribution in [2.45, 2.75) is 25.8 Å². The highest BCUT2D eigenvalue weighted by molar-refractivity contribution is 5.99. The number of benzene rings is 3. The SMILES string of the molecule is CCc1ccc([C@H]2c3c(oc4ccccc4c3=O)C(=O)N2CCc2ccc(OC)c(OC)c2)cc1. The second-order valence-electron chi connectivity index (χ2n) is 8.61. The largest absolute Gasteiger partial charge is 0.493 e. The number of carbonyl (C=O) groups is 1. The van der Waals surface area contributed by atoms with Crippen LogP contribution in [0.3, 0.4) is 0 Å². The van der Waals surface area contributed by atoms with Crippen molar-refractivity contribution in [1.82, 2.24) is 4.90 Å². The topological polar surface area (TPSA) is 69.0 Å². The molecule has 4 aromatic rings. The summed E-state index contributed by atoms with van der Waals surface area (Å²) < 4.78 is 16.8. The summed E-state index contributed by atoms with van der Waals surface area (Å²) in [4.78, 5) is 28.9. The summed E-state index contributed by atoms with van der Waals surface area (Å²) >= 11 is 0. The maximum atomic E-state index is 13.6. The van der Waals surface area contributed by atoms with Gasteiger partial charge in [-0.2, -0.15) is 0 Å². The average Bonchev–Trinajstić information content (AvgIpc) is 3.18. The number of ether oxygens (including phenoxy) is 2. The van der Waals surface area contributed by atoms with Gasteiger partial charge in [0.2, 0.25) is 5.76 Å². The van der Waals surface area contributed by atoms with E-state index in [0.717, 1.165) is 17.5 Å². The zero-order chi connectivity index (χ0) is 24.5. The van der Waals surface area contributed by atoms with Crippen LogP contribution in [0.2, 0.25) is 0 Å². The summed E-state index contributed by atoms with van der Waals surface area (Å²) in [5, 5.41) is 0.482. The van der Waals surface area contributed by atoms with Crippen LogP contribution in [0.5, 0.6) is 11.5 Å². The Morgan fingerprint density at radius 3 is 2.31 bits per heavy atom. The number of methoxy groups -OCH3 is 2. The summed E-state index contributed by atoms with van der Waals surface area (Å²) in [6, 6.07) is 20.4. The number of aryl methyl sites for hydroxylation is 1. The van der Waals surface area contributed by atoms with Gasteiger partial charge in [-0.15, -0.1) is 0 Å². The Hall–Kier alpha value is -4.06. The van der Waals surface area contributed by atoms with Gasteiger partial charge in [0.1, 0.15) is 5.58 Å². The molecule has 1 amide bonds. The van der Waals surface area contributed by atoms with Crippen molar-refractivity contribution >= 4 is 16.9 Å². The van der Waals surface area contributed by atoms with Crippen LogP contribution in [0.25, 0.3) is 11.0 Å². The Morgan fingerprint density at radius 2 is 1.60 bits per heavy atom. The van der Waals surface area contributed by atoms with Crippen molar-refractivity contribution in [3.63, 3.8) is 0 Å². The minimum absolute atomic E-state index is 0.130. The molecular weight excluding hydrogens is 442 g/mol. The van der Waals surface area contributed by atoms with Crippen molar-refractivity contribution in [1.29, 1.82) is 0 Å². The number of carbonyl (C=O) groups excluding carboxylic acids is 1. The molecule has 1 aromatic heterocycles. The number of nitrogens with zero attached hydrogens (tertiary/aromatic N) is 1. The minimum atomic E-state index is -0.510. The molecule has 6 heteroatoms. The van der Waals surface area contributed by atoms with Crippen molar-refractivity contribution in [3.8, 4) is 11.5 Å². The highest BCUT2D eigenvalue weighted by Gasteiger charge is 2.42. The second kappa shape index (κ2) is 9.29. The monoisotopic (exact) mass is 469 g/mol. The van der Waals surface area contributed by atoms with Gasteiger partial charge < -0.3 is 18.8 Å². The van der Waals surface area contributed by atoms with Gasteiger partial charge in [0.05, 0.1) is 31.2 Å². The normalized spacial score (nSPS) is 14.9. The number of para-hydroxylation sites is 1. The third-order valence-electron chi connectivity index (χ3n) is 6.67. The first-order chi connectivity index (χ1) is 17.0. The van der Waals surface area contributed by atoms with Crippen LogP contribution in [-0.4, -0.2) is 31.6 Å². The molecule has 178 valence electrons. The lowest BCUT2D eigenvalue weighted by Gasteiger charge is -2.25. The van der Waals surface area contributed by atoms with E-state index in [9.17, 15) is 9.59 Å². The van der Waals surface area contributed by atoms with E-state index in [-0.39, 0.29) is 17.1 Å². The molecule has 1 atom stereocenters. The Morgan fingerprint density at radius 1 is 0.886 bits per heavy atom. The summed E-state index contributed by atoms with van der Waals surface area (Å²) in [7, 11) is 3.19. The minimum Gasteiger partial charge on any atom is -0.493 e. The Labute approximate surface area is 203 Å². The van der Waals surface area contributed by atoms with Gasteiger partial charge in [-0.25, -0.2) is 0 Å². The molecular formula is C29H27NO5. The maximum absolute atomic E-state index is 13.6. The van der Waals surface area contributed by atoms with Crippen LogP contribution >= 0.6 is 0 Å². The van der Waals surface area contributed by atoms with Gasteiger partial charge >= 0.3 is 0 Å². The van der Waals surface area contributed by atoms with Crippen LogP contribution in [0.1, 0.15) is 45.8 Å². The average molecular weight is 470 g/mol. The molecule has 1 aliphatic rings. The molecule has 35 heavy (non-hydrogen) atoms. The summed E-state index contributed by atoms with van der Waals surface area (Å²) in [6.07, 6.45) is 1.49. The van der Waals surface area contributed by atoms with E-state index < -0.39 is 6.04 Å². The molecule has 5 rings (SSSR count). The predicted octanol–water partition coefficient (Wildman–Crippen LogP) is 5.16. The standard InChI is InChI=1S/C29H27NO5/c1-4-18-9-12-20(13-10-18)26-25-27(31)21-7-5-6-8-22(21)35-28(25)29(32)30(26)16-15-19-11-14-23(33-2)24(17-19)34-3/h5-14,17,26H,4,15-16H2,1-3H3/t26-/m0/s1. The van der Waals surface area contributed by atoms with Crippen molar-refractivity contribution in [2.24, 2.45) is 0 Å². The van der Waals surface area contributed by atoms with E-state index in [0.29, 0.717) is 41.0 Å². The highest BCUT2D eigenvalue weighted by Crippen LogP contribution is 2.38. The molecule has 2 heterocycles.